The van der Waals surface area contributed by atoms with Crippen molar-refractivity contribution in [3.63, 3.8) is 0 Å². The van der Waals surface area contributed by atoms with Gasteiger partial charge in [-0.05, 0) is 46.3 Å². The summed E-state index contributed by atoms with van der Waals surface area (Å²) in [5.74, 6) is 0.295. The molecule has 0 aliphatic heterocycles. The lowest BCUT2D eigenvalue weighted by Gasteiger charge is -2.12. The fraction of sp³-hybridized carbons (Fsp3) is 0.0769. The van der Waals surface area contributed by atoms with Crippen LogP contribution in [0.5, 0.6) is 0 Å². The van der Waals surface area contributed by atoms with E-state index in [1.807, 2.05) is 6.07 Å². The Morgan fingerprint density at radius 3 is 2.60 bits per heavy atom. The normalized spacial score (nSPS) is 10.9. The van der Waals surface area contributed by atoms with E-state index in [9.17, 15) is 13.2 Å². The van der Waals surface area contributed by atoms with Gasteiger partial charge in [-0.25, -0.2) is 4.98 Å². The van der Waals surface area contributed by atoms with Gasteiger partial charge in [-0.2, -0.15) is 18.4 Å². The smallest absolute Gasteiger partial charge is 0.339 e. The van der Waals surface area contributed by atoms with E-state index in [-0.39, 0.29) is 11.4 Å². The maximum atomic E-state index is 12.7. The average Bonchev–Trinajstić information content (AvgIpc) is 2.40. The highest BCUT2D eigenvalue weighted by atomic mass is 79.9. The third-order valence-corrected chi connectivity index (χ3v) is 3.11. The van der Waals surface area contributed by atoms with Crippen molar-refractivity contribution in [1.29, 1.82) is 5.26 Å². The van der Waals surface area contributed by atoms with Crippen LogP contribution in [0.2, 0.25) is 0 Å². The molecule has 20 heavy (non-hydrogen) atoms. The highest BCUT2D eigenvalue weighted by molar-refractivity contribution is 9.10. The van der Waals surface area contributed by atoms with Gasteiger partial charge in [-0.15, -0.1) is 0 Å². The summed E-state index contributed by atoms with van der Waals surface area (Å²) in [7, 11) is 0. The minimum absolute atomic E-state index is 0.179. The van der Waals surface area contributed by atoms with E-state index in [2.05, 4.69) is 26.2 Å². The van der Waals surface area contributed by atoms with E-state index in [1.54, 1.807) is 12.1 Å². The number of anilines is 2. The minimum atomic E-state index is -4.42. The topological polar surface area (TPSA) is 48.7 Å². The summed E-state index contributed by atoms with van der Waals surface area (Å²) in [6, 6.07) is 9.78. The van der Waals surface area contributed by atoms with E-state index in [0.717, 1.165) is 12.1 Å². The van der Waals surface area contributed by atoms with Crippen molar-refractivity contribution in [2.45, 2.75) is 6.18 Å². The predicted octanol–water partition coefficient (Wildman–Crippen LogP) is 4.48. The first kappa shape index (κ1) is 14.3. The second-order valence-corrected chi connectivity index (χ2v) is 4.69. The van der Waals surface area contributed by atoms with Gasteiger partial charge in [0.05, 0.1) is 11.3 Å². The lowest BCUT2D eigenvalue weighted by molar-refractivity contribution is -0.137. The molecule has 7 heteroatoms. The molecule has 0 atom stereocenters. The third kappa shape index (κ3) is 3.27. The van der Waals surface area contributed by atoms with Gasteiger partial charge in [0.1, 0.15) is 17.6 Å². The van der Waals surface area contributed by atoms with Gasteiger partial charge in [0.15, 0.2) is 0 Å². The maximum Gasteiger partial charge on any atom is 0.416 e. The standard InChI is InChI=1S/C13H7BrF3N3/c14-10-5-4-8(13(15,16)17)6-11(10)20-12-3-1-2-9(7-18)19-12/h1-6H,(H,19,20). The van der Waals surface area contributed by atoms with E-state index < -0.39 is 11.7 Å². The minimum Gasteiger partial charge on any atom is -0.339 e. The molecule has 0 radical (unpaired) electrons. The van der Waals surface area contributed by atoms with Gasteiger partial charge >= 0.3 is 6.18 Å². The highest BCUT2D eigenvalue weighted by Gasteiger charge is 2.30. The van der Waals surface area contributed by atoms with Crippen molar-refractivity contribution < 1.29 is 13.2 Å². The molecule has 0 aliphatic rings. The fourth-order valence-electron chi connectivity index (χ4n) is 1.50. The molecular weight excluding hydrogens is 335 g/mol. The zero-order valence-corrected chi connectivity index (χ0v) is 11.5. The summed E-state index contributed by atoms with van der Waals surface area (Å²) >= 11 is 3.17. The van der Waals surface area contributed by atoms with Crippen LogP contribution in [-0.2, 0) is 6.18 Å². The lowest BCUT2D eigenvalue weighted by atomic mass is 10.2. The Hall–Kier alpha value is -2.07. The van der Waals surface area contributed by atoms with Gasteiger partial charge < -0.3 is 5.32 Å². The summed E-state index contributed by atoms with van der Waals surface area (Å²) < 4.78 is 38.4. The zero-order chi connectivity index (χ0) is 14.8. The van der Waals surface area contributed by atoms with Crippen LogP contribution >= 0.6 is 15.9 Å². The molecule has 0 fully saturated rings. The molecule has 0 aliphatic carbocycles. The number of alkyl halides is 3. The van der Waals surface area contributed by atoms with Crippen molar-refractivity contribution >= 4 is 27.4 Å². The number of halogens is 4. The molecule has 0 saturated heterocycles. The van der Waals surface area contributed by atoms with Crippen LogP contribution in [0.25, 0.3) is 0 Å². The van der Waals surface area contributed by atoms with Gasteiger partial charge in [0.2, 0.25) is 0 Å². The van der Waals surface area contributed by atoms with E-state index in [0.29, 0.717) is 10.3 Å². The molecule has 3 nitrogen and oxygen atoms in total. The second kappa shape index (κ2) is 5.51. The molecular formula is C13H7BrF3N3. The van der Waals surface area contributed by atoms with Crippen LogP contribution in [0.15, 0.2) is 40.9 Å². The Bertz CT molecular complexity index is 677. The monoisotopic (exact) mass is 341 g/mol. The third-order valence-electron chi connectivity index (χ3n) is 2.42. The quantitative estimate of drug-likeness (QED) is 0.876. The second-order valence-electron chi connectivity index (χ2n) is 3.84. The lowest BCUT2D eigenvalue weighted by Crippen LogP contribution is -2.06. The molecule has 0 saturated carbocycles. The van der Waals surface area contributed by atoms with Crippen molar-refractivity contribution in [3.8, 4) is 6.07 Å². The largest absolute Gasteiger partial charge is 0.416 e. The van der Waals surface area contributed by atoms with Gasteiger partial charge in [0.25, 0.3) is 0 Å². The Balaban J connectivity index is 2.35. The molecule has 102 valence electrons. The van der Waals surface area contributed by atoms with Gasteiger partial charge in [0, 0.05) is 4.47 Å². The highest BCUT2D eigenvalue weighted by Crippen LogP contribution is 2.34. The summed E-state index contributed by atoms with van der Waals surface area (Å²) in [6.07, 6.45) is -4.42. The van der Waals surface area contributed by atoms with Gasteiger partial charge in [-0.3, -0.25) is 0 Å². The number of hydrogen-bond donors (Lipinski definition) is 1. The van der Waals surface area contributed by atoms with E-state index in [4.69, 9.17) is 5.26 Å². The molecule has 0 unspecified atom stereocenters. The van der Waals surface area contributed by atoms with E-state index >= 15 is 0 Å². The number of rotatable bonds is 2. The molecule has 2 aromatic rings. The molecule has 1 heterocycles. The van der Waals surface area contributed by atoms with Crippen LogP contribution in [0.1, 0.15) is 11.3 Å². The number of nitriles is 1. The predicted molar refractivity (Wildman–Crippen MR) is 71.4 cm³/mol. The number of hydrogen-bond acceptors (Lipinski definition) is 3. The Labute approximate surface area is 121 Å². The average molecular weight is 342 g/mol. The van der Waals surface area contributed by atoms with Crippen LogP contribution < -0.4 is 5.32 Å². The molecule has 0 spiro atoms. The van der Waals surface area contributed by atoms with Crippen LogP contribution in [0.4, 0.5) is 24.7 Å². The number of aromatic nitrogens is 1. The van der Waals surface area contributed by atoms with Crippen molar-refractivity contribution in [2.75, 3.05) is 5.32 Å². The fourth-order valence-corrected chi connectivity index (χ4v) is 1.85. The first-order valence-corrected chi connectivity index (χ1v) is 6.20. The molecule has 1 aromatic carbocycles. The van der Waals surface area contributed by atoms with Gasteiger partial charge in [-0.1, -0.05) is 6.07 Å². The van der Waals surface area contributed by atoms with Crippen molar-refractivity contribution in [1.82, 2.24) is 4.98 Å². The summed E-state index contributed by atoms with van der Waals surface area (Å²) in [5.41, 5.74) is -0.361. The molecule has 1 N–H and O–H groups in total. The zero-order valence-electron chi connectivity index (χ0n) is 9.87. The SMILES string of the molecule is N#Cc1cccc(Nc2cc(C(F)(F)F)ccc2Br)n1. The molecule has 0 bridgehead atoms. The Morgan fingerprint density at radius 2 is 1.95 bits per heavy atom. The Morgan fingerprint density at radius 1 is 1.20 bits per heavy atom. The molecule has 0 amide bonds. The first-order valence-electron chi connectivity index (χ1n) is 5.41. The number of pyridine rings is 1. The molecule has 2 rings (SSSR count). The maximum absolute atomic E-state index is 12.7. The van der Waals surface area contributed by atoms with Crippen molar-refractivity contribution in [3.05, 3.63) is 52.1 Å². The number of benzene rings is 1. The van der Waals surface area contributed by atoms with Crippen LogP contribution in [0, 0.1) is 11.3 Å². The van der Waals surface area contributed by atoms with Crippen molar-refractivity contribution in [2.24, 2.45) is 0 Å². The summed E-state index contributed by atoms with van der Waals surface area (Å²) in [5, 5.41) is 11.5. The summed E-state index contributed by atoms with van der Waals surface area (Å²) in [4.78, 5) is 3.95. The number of nitrogens with zero attached hydrogens (tertiary/aromatic N) is 2. The molecule has 1 aromatic heterocycles. The Kier molecular flexibility index (Phi) is 3.95. The number of nitrogens with one attached hydrogen (secondary N) is 1. The van der Waals surface area contributed by atoms with E-state index in [1.165, 1.54) is 12.1 Å². The van der Waals surface area contributed by atoms with Crippen LogP contribution in [0.3, 0.4) is 0 Å². The first-order chi connectivity index (χ1) is 9.40. The van der Waals surface area contributed by atoms with Crippen LogP contribution in [-0.4, -0.2) is 4.98 Å². The summed E-state index contributed by atoms with van der Waals surface area (Å²) in [6.45, 7) is 0.